The van der Waals surface area contributed by atoms with E-state index >= 15 is 0 Å². The fourth-order valence-electron chi connectivity index (χ4n) is 3.76. The Morgan fingerprint density at radius 3 is 2.76 bits per heavy atom. The van der Waals surface area contributed by atoms with Gasteiger partial charge in [0.1, 0.15) is 0 Å². The van der Waals surface area contributed by atoms with Gasteiger partial charge in [-0.25, -0.2) is 4.68 Å². The smallest absolute Gasteiger partial charge is 0.228 e. The molecule has 1 amide bonds. The Kier molecular flexibility index (Phi) is 5.39. The summed E-state index contributed by atoms with van der Waals surface area (Å²) in [4.78, 5) is 14.7. The minimum Gasteiger partial charge on any atom is -0.341 e. The molecule has 6 nitrogen and oxygen atoms in total. The molecule has 2 atom stereocenters. The molecule has 0 aliphatic carbocycles. The average molecular weight is 362 g/mol. The normalized spacial score (nSPS) is 22.4. The molecule has 1 aromatic carbocycles. The number of para-hydroxylation sites is 1. The van der Waals surface area contributed by atoms with Gasteiger partial charge in [0.15, 0.2) is 0 Å². The number of nitrogens with zero attached hydrogens (tertiary/aromatic N) is 4. The van der Waals surface area contributed by atoms with E-state index in [1.165, 1.54) is 12.8 Å². The summed E-state index contributed by atoms with van der Waals surface area (Å²) < 4.78 is 1.80. The van der Waals surface area contributed by atoms with Crippen LogP contribution < -0.4 is 5.32 Å². The third-order valence-corrected chi connectivity index (χ3v) is 5.19. The Morgan fingerprint density at radius 2 is 1.96 bits per heavy atom. The molecule has 2 aliphatic rings. The van der Waals surface area contributed by atoms with Crippen molar-refractivity contribution in [3.05, 3.63) is 41.7 Å². The van der Waals surface area contributed by atoms with Gasteiger partial charge in [-0.2, -0.15) is 0 Å². The quantitative estimate of drug-likeness (QED) is 0.906. The number of hydrogen-bond donors (Lipinski definition) is 1. The standard InChI is InChI=1S/C18H23N5O.ClH/c1-13-17(20-21-23(13)16-5-3-2-4-6-16)11-18(24)22-10-9-14-7-8-15(12-22)19-14;/h2-6,14-15,19H,7-12H2,1H3;1H. The van der Waals surface area contributed by atoms with Crippen molar-refractivity contribution in [2.45, 2.75) is 44.7 Å². The Bertz CT molecular complexity index is 732. The zero-order valence-electron chi connectivity index (χ0n) is 14.4. The maximum absolute atomic E-state index is 12.7. The molecule has 2 aromatic rings. The van der Waals surface area contributed by atoms with E-state index in [1.807, 2.05) is 42.2 Å². The molecule has 0 spiro atoms. The highest BCUT2D eigenvalue weighted by Crippen LogP contribution is 2.21. The number of amides is 1. The molecule has 1 N–H and O–H groups in total. The molecular weight excluding hydrogens is 338 g/mol. The molecule has 2 saturated heterocycles. The zero-order valence-corrected chi connectivity index (χ0v) is 15.2. The molecule has 1 aromatic heterocycles. The molecule has 7 heteroatoms. The van der Waals surface area contributed by atoms with Crippen LogP contribution in [0.5, 0.6) is 0 Å². The Hall–Kier alpha value is -1.92. The zero-order chi connectivity index (χ0) is 16.5. The summed E-state index contributed by atoms with van der Waals surface area (Å²) in [6, 6.07) is 11.0. The third-order valence-electron chi connectivity index (χ3n) is 5.19. The lowest BCUT2D eigenvalue weighted by atomic mass is 10.1. The fourth-order valence-corrected chi connectivity index (χ4v) is 3.76. The highest BCUT2D eigenvalue weighted by atomic mass is 35.5. The minimum atomic E-state index is 0. The monoisotopic (exact) mass is 361 g/mol. The second-order valence-corrected chi connectivity index (χ2v) is 6.81. The first kappa shape index (κ1) is 17.9. The van der Waals surface area contributed by atoms with Crippen molar-refractivity contribution in [2.24, 2.45) is 0 Å². The molecule has 2 fully saturated rings. The van der Waals surface area contributed by atoms with Crippen LogP contribution in [0.15, 0.2) is 30.3 Å². The van der Waals surface area contributed by atoms with Crippen LogP contribution in [0.1, 0.15) is 30.7 Å². The predicted octanol–water partition coefficient (Wildman–Crippen LogP) is 1.89. The molecular formula is C18H24ClN5O. The average Bonchev–Trinajstić information content (AvgIpc) is 3.11. The van der Waals surface area contributed by atoms with Crippen LogP contribution in [-0.2, 0) is 11.2 Å². The maximum atomic E-state index is 12.7. The maximum Gasteiger partial charge on any atom is 0.228 e. The number of rotatable bonds is 3. The van der Waals surface area contributed by atoms with Gasteiger partial charge in [0.2, 0.25) is 5.91 Å². The molecule has 2 bridgehead atoms. The number of halogens is 1. The number of carbonyl (C=O) groups excluding carboxylic acids is 1. The van der Waals surface area contributed by atoms with Gasteiger partial charge in [-0.1, -0.05) is 23.4 Å². The Balaban J connectivity index is 0.00000182. The van der Waals surface area contributed by atoms with E-state index in [2.05, 4.69) is 15.6 Å². The summed E-state index contributed by atoms with van der Waals surface area (Å²) in [5.41, 5.74) is 2.67. The summed E-state index contributed by atoms with van der Waals surface area (Å²) in [6.45, 7) is 3.64. The van der Waals surface area contributed by atoms with Crippen LogP contribution >= 0.6 is 12.4 Å². The number of benzene rings is 1. The Labute approximate surface area is 154 Å². The van der Waals surface area contributed by atoms with Gasteiger partial charge in [0, 0.05) is 25.2 Å². The largest absolute Gasteiger partial charge is 0.341 e. The highest BCUT2D eigenvalue weighted by molar-refractivity contribution is 5.85. The van der Waals surface area contributed by atoms with E-state index in [1.54, 1.807) is 4.68 Å². The van der Waals surface area contributed by atoms with Crippen molar-refractivity contribution in [1.29, 1.82) is 0 Å². The SMILES string of the molecule is Cc1c(CC(=O)N2CCC3CCC(C2)N3)nnn1-c1ccccc1.Cl. The van der Waals surface area contributed by atoms with Crippen molar-refractivity contribution in [3.63, 3.8) is 0 Å². The van der Waals surface area contributed by atoms with Gasteiger partial charge in [-0.3, -0.25) is 4.79 Å². The van der Waals surface area contributed by atoms with Crippen LogP contribution in [0.2, 0.25) is 0 Å². The van der Waals surface area contributed by atoms with Crippen LogP contribution in [0.3, 0.4) is 0 Å². The summed E-state index contributed by atoms with van der Waals surface area (Å²) in [5, 5.41) is 12.1. The second-order valence-electron chi connectivity index (χ2n) is 6.81. The molecule has 4 rings (SSSR count). The van der Waals surface area contributed by atoms with Gasteiger partial charge in [-0.15, -0.1) is 17.5 Å². The van der Waals surface area contributed by atoms with Gasteiger partial charge >= 0.3 is 0 Å². The molecule has 0 saturated carbocycles. The van der Waals surface area contributed by atoms with Gasteiger partial charge in [-0.05, 0) is 38.3 Å². The molecule has 0 radical (unpaired) electrons. The van der Waals surface area contributed by atoms with E-state index in [9.17, 15) is 4.79 Å². The summed E-state index contributed by atoms with van der Waals surface area (Å²) in [6.07, 6.45) is 3.81. The van der Waals surface area contributed by atoms with E-state index < -0.39 is 0 Å². The molecule has 134 valence electrons. The summed E-state index contributed by atoms with van der Waals surface area (Å²) >= 11 is 0. The van der Waals surface area contributed by atoms with Gasteiger partial charge < -0.3 is 10.2 Å². The first-order valence-electron chi connectivity index (χ1n) is 8.71. The first-order chi connectivity index (χ1) is 11.7. The number of nitrogens with one attached hydrogen (secondary N) is 1. The van der Waals surface area contributed by atoms with E-state index in [0.717, 1.165) is 36.6 Å². The van der Waals surface area contributed by atoms with Crippen molar-refractivity contribution < 1.29 is 4.79 Å². The van der Waals surface area contributed by atoms with Crippen LogP contribution in [-0.4, -0.2) is 51.0 Å². The van der Waals surface area contributed by atoms with E-state index in [4.69, 9.17) is 0 Å². The molecule has 3 heterocycles. The topological polar surface area (TPSA) is 63.1 Å². The number of hydrogen-bond acceptors (Lipinski definition) is 4. The lowest BCUT2D eigenvalue weighted by Crippen LogP contribution is -2.39. The lowest BCUT2D eigenvalue weighted by molar-refractivity contribution is -0.130. The summed E-state index contributed by atoms with van der Waals surface area (Å²) in [5.74, 6) is 0.160. The predicted molar refractivity (Wildman–Crippen MR) is 98.2 cm³/mol. The second kappa shape index (κ2) is 7.54. The highest BCUT2D eigenvalue weighted by Gasteiger charge is 2.31. The van der Waals surface area contributed by atoms with Crippen LogP contribution in [0.4, 0.5) is 0 Å². The first-order valence-corrected chi connectivity index (χ1v) is 8.71. The van der Waals surface area contributed by atoms with Crippen molar-refractivity contribution in [3.8, 4) is 5.69 Å². The molecule has 25 heavy (non-hydrogen) atoms. The van der Waals surface area contributed by atoms with E-state index in [-0.39, 0.29) is 18.3 Å². The third kappa shape index (κ3) is 3.70. The van der Waals surface area contributed by atoms with Gasteiger partial charge in [0.25, 0.3) is 0 Å². The minimum absolute atomic E-state index is 0. The lowest BCUT2D eigenvalue weighted by Gasteiger charge is -2.24. The van der Waals surface area contributed by atoms with Crippen LogP contribution in [0.25, 0.3) is 5.69 Å². The number of likely N-dealkylation sites (tertiary alicyclic amines) is 1. The van der Waals surface area contributed by atoms with Gasteiger partial charge in [0.05, 0.1) is 23.5 Å². The molecule has 2 unspecified atom stereocenters. The fraction of sp³-hybridized carbons (Fsp3) is 0.500. The Morgan fingerprint density at radius 1 is 1.20 bits per heavy atom. The molecule has 2 aliphatic heterocycles. The number of aromatic nitrogens is 3. The number of fused-ring (bicyclic) bond motifs is 2. The van der Waals surface area contributed by atoms with Crippen LogP contribution in [0, 0.1) is 6.92 Å². The van der Waals surface area contributed by atoms with Crippen molar-refractivity contribution in [2.75, 3.05) is 13.1 Å². The van der Waals surface area contributed by atoms with Crippen molar-refractivity contribution in [1.82, 2.24) is 25.2 Å². The van der Waals surface area contributed by atoms with Crippen molar-refractivity contribution >= 4 is 18.3 Å². The summed E-state index contributed by atoms with van der Waals surface area (Å²) in [7, 11) is 0. The number of carbonyl (C=O) groups is 1. The van der Waals surface area contributed by atoms with E-state index in [0.29, 0.717) is 18.5 Å².